The monoisotopic (exact) mass is 323 g/mol. The molecule has 0 amide bonds. The van der Waals surface area contributed by atoms with E-state index >= 15 is 0 Å². The SMILES string of the molecule is COc1cc(OC)c(C(CN)N2CCN(C)CC2C)cc1OC. The molecule has 6 nitrogen and oxygen atoms in total. The smallest absolute Gasteiger partial charge is 0.164 e. The summed E-state index contributed by atoms with van der Waals surface area (Å²) >= 11 is 0. The molecule has 1 aliphatic rings. The van der Waals surface area contributed by atoms with Crippen LogP contribution in [0.25, 0.3) is 0 Å². The van der Waals surface area contributed by atoms with E-state index in [1.54, 1.807) is 21.3 Å². The zero-order chi connectivity index (χ0) is 17.0. The van der Waals surface area contributed by atoms with Crippen molar-refractivity contribution in [2.45, 2.75) is 19.0 Å². The molecule has 1 aromatic rings. The Bertz CT molecular complexity index is 524. The van der Waals surface area contributed by atoms with E-state index in [4.69, 9.17) is 19.9 Å². The summed E-state index contributed by atoms with van der Waals surface area (Å²) in [4.78, 5) is 4.80. The zero-order valence-corrected chi connectivity index (χ0v) is 14.8. The van der Waals surface area contributed by atoms with Crippen LogP contribution in [0.4, 0.5) is 0 Å². The third-order valence-corrected chi connectivity index (χ3v) is 4.60. The fraction of sp³-hybridized carbons (Fsp3) is 0.647. The standard InChI is InChI=1S/C17H29N3O3/c1-12-11-19(2)6-7-20(12)14(10-18)13-8-16(22-4)17(23-5)9-15(13)21-3/h8-9,12,14H,6-7,10-11,18H2,1-5H3. The van der Waals surface area contributed by atoms with Crippen molar-refractivity contribution in [3.8, 4) is 17.2 Å². The molecule has 2 rings (SSSR count). The fourth-order valence-corrected chi connectivity index (χ4v) is 3.37. The second-order valence-corrected chi connectivity index (χ2v) is 6.05. The molecule has 6 heteroatoms. The Hall–Kier alpha value is -1.50. The Morgan fingerprint density at radius 1 is 1.09 bits per heavy atom. The van der Waals surface area contributed by atoms with Crippen LogP contribution in [0.5, 0.6) is 17.2 Å². The van der Waals surface area contributed by atoms with Crippen LogP contribution in [-0.2, 0) is 0 Å². The van der Waals surface area contributed by atoms with Gasteiger partial charge in [-0.1, -0.05) is 0 Å². The number of methoxy groups -OCH3 is 3. The predicted molar refractivity (Wildman–Crippen MR) is 91.6 cm³/mol. The van der Waals surface area contributed by atoms with E-state index in [0.717, 1.165) is 30.9 Å². The summed E-state index contributed by atoms with van der Waals surface area (Å²) in [6.45, 7) is 5.82. The molecule has 2 N–H and O–H groups in total. The molecule has 1 aliphatic heterocycles. The number of nitrogens with two attached hydrogens (primary N) is 1. The first-order chi connectivity index (χ1) is 11.0. The van der Waals surface area contributed by atoms with Crippen LogP contribution in [-0.4, -0.2) is 70.4 Å². The number of nitrogens with zero attached hydrogens (tertiary/aromatic N) is 2. The van der Waals surface area contributed by atoms with Gasteiger partial charge < -0.3 is 24.8 Å². The minimum Gasteiger partial charge on any atom is -0.496 e. The number of benzene rings is 1. The van der Waals surface area contributed by atoms with Crippen molar-refractivity contribution in [3.05, 3.63) is 17.7 Å². The lowest BCUT2D eigenvalue weighted by molar-refractivity contribution is 0.0625. The van der Waals surface area contributed by atoms with Gasteiger partial charge in [0.25, 0.3) is 0 Å². The lowest BCUT2D eigenvalue weighted by atomic mass is 10.00. The molecule has 2 atom stereocenters. The third-order valence-electron chi connectivity index (χ3n) is 4.60. The van der Waals surface area contributed by atoms with Gasteiger partial charge in [-0.25, -0.2) is 0 Å². The maximum Gasteiger partial charge on any atom is 0.164 e. The van der Waals surface area contributed by atoms with Gasteiger partial charge >= 0.3 is 0 Å². The third kappa shape index (κ3) is 3.71. The van der Waals surface area contributed by atoms with E-state index in [-0.39, 0.29) is 6.04 Å². The highest BCUT2D eigenvalue weighted by Crippen LogP contribution is 2.39. The lowest BCUT2D eigenvalue weighted by Gasteiger charge is -2.43. The summed E-state index contributed by atoms with van der Waals surface area (Å²) in [6, 6.07) is 4.38. The van der Waals surface area contributed by atoms with Gasteiger partial charge in [-0.15, -0.1) is 0 Å². The van der Waals surface area contributed by atoms with E-state index in [1.165, 1.54) is 0 Å². The van der Waals surface area contributed by atoms with Gasteiger partial charge in [0, 0.05) is 43.9 Å². The Labute approximate surface area is 139 Å². The number of hydrogen-bond donors (Lipinski definition) is 1. The van der Waals surface area contributed by atoms with Crippen molar-refractivity contribution in [2.24, 2.45) is 5.73 Å². The van der Waals surface area contributed by atoms with Crippen molar-refractivity contribution in [3.63, 3.8) is 0 Å². The van der Waals surface area contributed by atoms with Crippen LogP contribution in [0.3, 0.4) is 0 Å². The van der Waals surface area contributed by atoms with E-state index in [9.17, 15) is 0 Å². The van der Waals surface area contributed by atoms with Gasteiger partial charge in [0.2, 0.25) is 0 Å². The van der Waals surface area contributed by atoms with E-state index in [1.807, 2.05) is 12.1 Å². The van der Waals surface area contributed by atoms with Gasteiger partial charge in [-0.2, -0.15) is 0 Å². The molecule has 1 heterocycles. The Balaban J connectivity index is 2.40. The maximum absolute atomic E-state index is 6.14. The van der Waals surface area contributed by atoms with Gasteiger partial charge in [0.05, 0.1) is 27.4 Å². The second-order valence-electron chi connectivity index (χ2n) is 6.05. The molecule has 0 radical (unpaired) electrons. The fourth-order valence-electron chi connectivity index (χ4n) is 3.37. The molecule has 130 valence electrons. The molecule has 0 spiro atoms. The summed E-state index contributed by atoms with van der Waals surface area (Å²) in [5, 5.41) is 0. The number of hydrogen-bond acceptors (Lipinski definition) is 6. The first-order valence-corrected chi connectivity index (χ1v) is 7.99. The number of rotatable bonds is 6. The van der Waals surface area contributed by atoms with Crippen molar-refractivity contribution in [1.29, 1.82) is 0 Å². The van der Waals surface area contributed by atoms with Crippen molar-refractivity contribution in [1.82, 2.24) is 9.80 Å². The minimum absolute atomic E-state index is 0.0912. The molecule has 2 unspecified atom stereocenters. The van der Waals surface area contributed by atoms with Crippen molar-refractivity contribution >= 4 is 0 Å². The first-order valence-electron chi connectivity index (χ1n) is 7.99. The highest BCUT2D eigenvalue weighted by Gasteiger charge is 2.30. The highest BCUT2D eigenvalue weighted by atomic mass is 16.5. The van der Waals surface area contributed by atoms with Crippen LogP contribution < -0.4 is 19.9 Å². The van der Waals surface area contributed by atoms with Crippen LogP contribution >= 0.6 is 0 Å². The average Bonchev–Trinajstić information content (AvgIpc) is 2.56. The summed E-state index contributed by atoms with van der Waals surface area (Å²) in [5.74, 6) is 2.14. The molecule has 1 saturated heterocycles. The normalized spacial score (nSPS) is 21.0. The quantitative estimate of drug-likeness (QED) is 0.853. The molecule has 0 aliphatic carbocycles. The number of likely N-dealkylation sites (N-methyl/N-ethyl adjacent to an activating group) is 1. The molecule has 0 aromatic heterocycles. The molecular weight excluding hydrogens is 294 g/mol. The second kappa shape index (κ2) is 7.86. The van der Waals surface area contributed by atoms with Gasteiger partial charge in [0.15, 0.2) is 11.5 Å². The van der Waals surface area contributed by atoms with E-state index in [0.29, 0.717) is 24.1 Å². The zero-order valence-electron chi connectivity index (χ0n) is 14.8. The van der Waals surface area contributed by atoms with Gasteiger partial charge in [0.1, 0.15) is 5.75 Å². The predicted octanol–water partition coefficient (Wildman–Crippen LogP) is 1.35. The Morgan fingerprint density at radius 3 is 2.22 bits per heavy atom. The molecule has 1 aromatic carbocycles. The topological polar surface area (TPSA) is 60.2 Å². The Kier molecular flexibility index (Phi) is 6.10. The summed E-state index contributed by atoms with van der Waals surface area (Å²) in [5.41, 5.74) is 7.18. The lowest BCUT2D eigenvalue weighted by Crippen LogP contribution is -2.52. The molecule has 0 bridgehead atoms. The van der Waals surface area contributed by atoms with Crippen molar-refractivity contribution in [2.75, 3.05) is 54.6 Å². The van der Waals surface area contributed by atoms with E-state index < -0.39 is 0 Å². The minimum atomic E-state index is 0.0912. The van der Waals surface area contributed by atoms with Gasteiger partial charge in [-0.3, -0.25) is 4.90 Å². The summed E-state index contributed by atoms with van der Waals surface area (Å²) < 4.78 is 16.4. The maximum atomic E-state index is 6.14. The largest absolute Gasteiger partial charge is 0.496 e. The molecular formula is C17H29N3O3. The van der Waals surface area contributed by atoms with E-state index in [2.05, 4.69) is 23.8 Å². The molecule has 1 fully saturated rings. The number of piperazine rings is 1. The van der Waals surface area contributed by atoms with Crippen LogP contribution in [0.1, 0.15) is 18.5 Å². The van der Waals surface area contributed by atoms with Gasteiger partial charge in [-0.05, 0) is 20.0 Å². The first kappa shape index (κ1) is 17.8. The summed E-state index contributed by atoms with van der Waals surface area (Å²) in [7, 11) is 7.10. The molecule has 0 saturated carbocycles. The van der Waals surface area contributed by atoms with Crippen molar-refractivity contribution < 1.29 is 14.2 Å². The average molecular weight is 323 g/mol. The van der Waals surface area contributed by atoms with Crippen LogP contribution in [0.2, 0.25) is 0 Å². The highest BCUT2D eigenvalue weighted by molar-refractivity contribution is 5.52. The summed E-state index contributed by atoms with van der Waals surface area (Å²) in [6.07, 6.45) is 0. The molecule has 23 heavy (non-hydrogen) atoms. The Morgan fingerprint density at radius 2 is 1.70 bits per heavy atom. The number of ether oxygens (including phenoxy) is 3. The van der Waals surface area contributed by atoms with Crippen LogP contribution in [0, 0.1) is 0 Å². The van der Waals surface area contributed by atoms with Crippen LogP contribution in [0.15, 0.2) is 12.1 Å².